The van der Waals surface area contributed by atoms with Crippen molar-refractivity contribution in [1.82, 2.24) is 5.32 Å². The highest BCUT2D eigenvalue weighted by molar-refractivity contribution is 6.31. The largest absolute Gasteiger partial charge is 0.312 e. The van der Waals surface area contributed by atoms with Gasteiger partial charge in [-0.25, -0.2) is 4.39 Å². The van der Waals surface area contributed by atoms with Gasteiger partial charge < -0.3 is 5.32 Å². The molecule has 1 N–H and O–H groups in total. The zero-order valence-electron chi connectivity index (χ0n) is 10.1. The van der Waals surface area contributed by atoms with Gasteiger partial charge in [0, 0.05) is 17.1 Å². The molecule has 1 atom stereocenters. The van der Waals surface area contributed by atoms with Gasteiger partial charge in [0.05, 0.1) is 0 Å². The van der Waals surface area contributed by atoms with Crippen LogP contribution in [0.25, 0.3) is 0 Å². The van der Waals surface area contributed by atoms with E-state index in [4.69, 9.17) is 11.6 Å². The second-order valence-corrected chi connectivity index (χ2v) is 4.96. The van der Waals surface area contributed by atoms with Crippen LogP contribution < -0.4 is 5.32 Å². The van der Waals surface area contributed by atoms with Gasteiger partial charge in [0.15, 0.2) is 0 Å². The molecule has 1 rings (SSSR count). The Hall–Kier alpha value is -0.600. The van der Waals surface area contributed by atoms with Crippen molar-refractivity contribution in [2.45, 2.75) is 27.3 Å². The maximum atomic E-state index is 13.4. The standard InChI is InChI=1S/C13H19ClFN/c1-9(2)10(3)7-16-8-11-12(14)5-4-6-13(11)15/h4-6,9-10,16H,7-8H2,1-3H3/t10-/m1/s1. The number of rotatable bonds is 5. The molecule has 0 aromatic heterocycles. The van der Waals surface area contributed by atoms with Gasteiger partial charge in [-0.3, -0.25) is 0 Å². The van der Waals surface area contributed by atoms with E-state index in [0.29, 0.717) is 29.0 Å². The molecule has 0 fully saturated rings. The molecule has 0 spiro atoms. The maximum absolute atomic E-state index is 13.4. The summed E-state index contributed by atoms with van der Waals surface area (Å²) in [5.41, 5.74) is 0.556. The summed E-state index contributed by atoms with van der Waals surface area (Å²) in [4.78, 5) is 0. The van der Waals surface area contributed by atoms with Crippen LogP contribution in [0.4, 0.5) is 4.39 Å². The highest BCUT2D eigenvalue weighted by atomic mass is 35.5. The third-order valence-electron chi connectivity index (χ3n) is 2.97. The van der Waals surface area contributed by atoms with Gasteiger partial charge in [0.25, 0.3) is 0 Å². The van der Waals surface area contributed by atoms with Crippen LogP contribution in [0.3, 0.4) is 0 Å². The van der Waals surface area contributed by atoms with Crippen LogP contribution in [-0.4, -0.2) is 6.54 Å². The van der Waals surface area contributed by atoms with Crippen LogP contribution in [-0.2, 0) is 6.54 Å². The first-order chi connectivity index (χ1) is 7.52. The van der Waals surface area contributed by atoms with Gasteiger partial charge in [0.2, 0.25) is 0 Å². The van der Waals surface area contributed by atoms with Gasteiger partial charge in [-0.2, -0.15) is 0 Å². The van der Waals surface area contributed by atoms with E-state index in [9.17, 15) is 4.39 Å². The summed E-state index contributed by atoms with van der Waals surface area (Å²) in [6.07, 6.45) is 0. The highest BCUT2D eigenvalue weighted by Crippen LogP contribution is 2.18. The third-order valence-corrected chi connectivity index (χ3v) is 3.32. The van der Waals surface area contributed by atoms with Crippen LogP contribution >= 0.6 is 11.6 Å². The molecule has 0 aliphatic heterocycles. The second-order valence-electron chi connectivity index (χ2n) is 4.55. The minimum absolute atomic E-state index is 0.239. The molecule has 0 bridgehead atoms. The van der Waals surface area contributed by atoms with Crippen molar-refractivity contribution in [3.05, 3.63) is 34.6 Å². The summed E-state index contributed by atoms with van der Waals surface area (Å²) in [5, 5.41) is 3.73. The summed E-state index contributed by atoms with van der Waals surface area (Å²) in [5.74, 6) is 0.964. The number of benzene rings is 1. The molecule has 1 nitrogen and oxygen atoms in total. The molecule has 0 saturated heterocycles. The zero-order valence-corrected chi connectivity index (χ0v) is 10.8. The highest BCUT2D eigenvalue weighted by Gasteiger charge is 2.09. The SMILES string of the molecule is CC(C)[C@H](C)CNCc1c(F)cccc1Cl. The summed E-state index contributed by atoms with van der Waals surface area (Å²) < 4.78 is 13.4. The molecule has 16 heavy (non-hydrogen) atoms. The van der Waals surface area contributed by atoms with Crippen LogP contribution in [0.1, 0.15) is 26.3 Å². The molecule has 0 radical (unpaired) electrons. The number of halogens is 2. The molecule has 0 aliphatic carbocycles. The van der Waals surface area contributed by atoms with Gasteiger partial charge in [-0.1, -0.05) is 38.4 Å². The first-order valence-electron chi connectivity index (χ1n) is 5.66. The third kappa shape index (κ3) is 3.76. The Morgan fingerprint density at radius 3 is 2.56 bits per heavy atom. The Labute approximate surface area is 102 Å². The van der Waals surface area contributed by atoms with Crippen molar-refractivity contribution < 1.29 is 4.39 Å². The normalized spacial score (nSPS) is 13.1. The van der Waals surface area contributed by atoms with Crippen molar-refractivity contribution in [2.75, 3.05) is 6.54 Å². The molecule has 90 valence electrons. The molecule has 1 aromatic rings. The number of hydrogen-bond donors (Lipinski definition) is 1. The lowest BCUT2D eigenvalue weighted by Gasteiger charge is -2.16. The summed E-state index contributed by atoms with van der Waals surface area (Å²) in [6, 6.07) is 4.78. The van der Waals surface area contributed by atoms with Crippen LogP contribution in [0.5, 0.6) is 0 Å². The lowest BCUT2D eigenvalue weighted by atomic mass is 9.98. The van der Waals surface area contributed by atoms with Crippen molar-refractivity contribution >= 4 is 11.6 Å². The van der Waals surface area contributed by atoms with Gasteiger partial charge in [-0.15, -0.1) is 0 Å². The van der Waals surface area contributed by atoms with Crippen molar-refractivity contribution in [1.29, 1.82) is 0 Å². The molecule has 1 aromatic carbocycles. The average molecular weight is 244 g/mol. The Morgan fingerprint density at radius 2 is 2.00 bits per heavy atom. The van der Waals surface area contributed by atoms with Crippen LogP contribution in [0.2, 0.25) is 5.02 Å². The lowest BCUT2D eigenvalue weighted by Crippen LogP contribution is -2.24. The predicted octanol–water partition coefficient (Wildman–Crippen LogP) is 3.86. The topological polar surface area (TPSA) is 12.0 Å². The predicted molar refractivity (Wildman–Crippen MR) is 67.1 cm³/mol. The summed E-state index contributed by atoms with van der Waals surface area (Å²) >= 11 is 5.93. The van der Waals surface area contributed by atoms with E-state index in [-0.39, 0.29) is 5.82 Å². The van der Waals surface area contributed by atoms with E-state index >= 15 is 0 Å². The summed E-state index contributed by atoms with van der Waals surface area (Å²) in [7, 11) is 0. The van der Waals surface area contributed by atoms with Crippen molar-refractivity contribution in [2.24, 2.45) is 11.8 Å². The lowest BCUT2D eigenvalue weighted by molar-refractivity contribution is 0.391. The van der Waals surface area contributed by atoms with Crippen LogP contribution in [0, 0.1) is 17.7 Å². The van der Waals surface area contributed by atoms with E-state index in [0.717, 1.165) is 6.54 Å². The monoisotopic (exact) mass is 243 g/mol. The van der Waals surface area contributed by atoms with E-state index in [2.05, 4.69) is 26.1 Å². The quantitative estimate of drug-likeness (QED) is 0.828. The molecular formula is C13H19ClFN. The van der Waals surface area contributed by atoms with Crippen molar-refractivity contribution in [3.8, 4) is 0 Å². The first kappa shape index (κ1) is 13.5. The number of hydrogen-bond acceptors (Lipinski definition) is 1. The average Bonchev–Trinajstić information content (AvgIpc) is 2.22. The van der Waals surface area contributed by atoms with E-state index < -0.39 is 0 Å². The maximum Gasteiger partial charge on any atom is 0.129 e. The van der Waals surface area contributed by atoms with Gasteiger partial charge in [0.1, 0.15) is 5.82 Å². The smallest absolute Gasteiger partial charge is 0.129 e. The Balaban J connectivity index is 2.49. The molecule has 0 amide bonds. The summed E-state index contributed by atoms with van der Waals surface area (Å²) in [6.45, 7) is 7.91. The fourth-order valence-electron chi connectivity index (χ4n) is 1.36. The zero-order chi connectivity index (χ0) is 12.1. The molecule has 0 saturated carbocycles. The fourth-order valence-corrected chi connectivity index (χ4v) is 1.59. The van der Waals surface area contributed by atoms with Gasteiger partial charge >= 0.3 is 0 Å². The Morgan fingerprint density at radius 1 is 1.31 bits per heavy atom. The molecule has 3 heteroatoms. The second kappa shape index (κ2) is 6.21. The first-order valence-corrected chi connectivity index (χ1v) is 6.03. The minimum Gasteiger partial charge on any atom is -0.312 e. The van der Waals surface area contributed by atoms with Crippen LogP contribution in [0.15, 0.2) is 18.2 Å². The van der Waals surface area contributed by atoms with Gasteiger partial charge in [-0.05, 0) is 30.5 Å². The van der Waals surface area contributed by atoms with Crippen molar-refractivity contribution in [3.63, 3.8) is 0 Å². The van der Waals surface area contributed by atoms with E-state index in [1.54, 1.807) is 12.1 Å². The Bertz CT molecular complexity index is 318. The molecule has 0 aliphatic rings. The van der Waals surface area contributed by atoms with E-state index in [1.807, 2.05) is 0 Å². The molecular weight excluding hydrogens is 225 g/mol. The van der Waals surface area contributed by atoms with E-state index in [1.165, 1.54) is 6.07 Å². The molecule has 0 unspecified atom stereocenters. The fraction of sp³-hybridized carbons (Fsp3) is 0.538. The Kier molecular flexibility index (Phi) is 5.23. The number of nitrogens with one attached hydrogen (secondary N) is 1. The molecule has 0 heterocycles. The minimum atomic E-state index is -0.239.